The molecule has 0 amide bonds. The summed E-state index contributed by atoms with van der Waals surface area (Å²) in [5, 5.41) is 4.22. The first kappa shape index (κ1) is 10.9. The largest absolute Gasteiger partial charge is 0.382 e. The first-order chi connectivity index (χ1) is 6.33. The summed E-state index contributed by atoms with van der Waals surface area (Å²) < 4.78 is 13.0. The zero-order valence-corrected chi connectivity index (χ0v) is 9.73. The van der Waals surface area contributed by atoms with Gasteiger partial charge in [-0.05, 0) is 28.7 Å². The molecule has 0 atom stereocenters. The highest BCUT2D eigenvalue weighted by Gasteiger charge is 1.94. The molecule has 1 aromatic rings. The van der Waals surface area contributed by atoms with Crippen LogP contribution in [-0.4, -0.2) is 36.7 Å². The average Bonchev–Trinajstić information content (AvgIpc) is 2.51. The van der Waals surface area contributed by atoms with Gasteiger partial charge >= 0.3 is 0 Å². The van der Waals surface area contributed by atoms with E-state index in [1.54, 1.807) is 7.11 Å². The minimum absolute atomic E-state index is 0.648. The number of ether oxygens (including phenoxy) is 2. The third-order valence-electron chi connectivity index (χ3n) is 1.50. The smallest absolute Gasteiger partial charge is 0.123 e. The van der Waals surface area contributed by atoms with Gasteiger partial charge in [0.2, 0.25) is 0 Å². The van der Waals surface area contributed by atoms with Crippen LogP contribution in [0.25, 0.3) is 0 Å². The van der Waals surface area contributed by atoms with Crippen LogP contribution in [0.5, 0.6) is 0 Å². The summed E-state index contributed by atoms with van der Waals surface area (Å²) in [5.74, 6) is 0. The lowest BCUT2D eigenvalue weighted by atomic mass is 10.6. The lowest BCUT2D eigenvalue weighted by Gasteiger charge is -2.03. The Kier molecular flexibility index (Phi) is 5.33. The highest BCUT2D eigenvalue weighted by Crippen LogP contribution is 1.98. The van der Waals surface area contributed by atoms with Gasteiger partial charge in [-0.3, -0.25) is 4.68 Å². The molecule has 0 radical (unpaired) electrons. The molecule has 0 aliphatic rings. The van der Waals surface area contributed by atoms with Gasteiger partial charge in [0.1, 0.15) is 3.70 Å². The lowest BCUT2D eigenvalue weighted by molar-refractivity contribution is 0.0654. The normalized spacial score (nSPS) is 10.6. The number of nitrogens with zero attached hydrogens (tertiary/aromatic N) is 2. The molecule has 13 heavy (non-hydrogen) atoms. The van der Waals surface area contributed by atoms with E-state index in [1.807, 2.05) is 16.9 Å². The quantitative estimate of drug-likeness (QED) is 0.583. The number of methoxy groups -OCH3 is 1. The number of halogens is 1. The third kappa shape index (κ3) is 4.58. The molecule has 74 valence electrons. The van der Waals surface area contributed by atoms with E-state index in [0.717, 1.165) is 10.2 Å². The molecule has 0 spiro atoms. The van der Waals surface area contributed by atoms with Crippen LogP contribution in [0.4, 0.5) is 0 Å². The summed E-state index contributed by atoms with van der Waals surface area (Å²) in [6.07, 6.45) is 1.95. The number of rotatable bonds is 6. The van der Waals surface area contributed by atoms with Crippen LogP contribution >= 0.6 is 22.6 Å². The molecule has 1 heterocycles. The van der Waals surface area contributed by atoms with Crippen molar-refractivity contribution in [3.8, 4) is 0 Å². The molecule has 0 saturated carbocycles. The Morgan fingerprint density at radius 3 is 2.92 bits per heavy atom. The van der Waals surface area contributed by atoms with Gasteiger partial charge in [0, 0.05) is 13.3 Å². The SMILES string of the molecule is COCCOCCn1ccc(I)n1. The van der Waals surface area contributed by atoms with Crippen molar-refractivity contribution in [3.63, 3.8) is 0 Å². The van der Waals surface area contributed by atoms with Crippen molar-refractivity contribution in [2.45, 2.75) is 6.54 Å². The summed E-state index contributed by atoms with van der Waals surface area (Å²) in [7, 11) is 1.67. The molecule has 0 unspecified atom stereocenters. The van der Waals surface area contributed by atoms with Gasteiger partial charge in [0.25, 0.3) is 0 Å². The van der Waals surface area contributed by atoms with Crippen LogP contribution in [-0.2, 0) is 16.0 Å². The second-order valence-electron chi connectivity index (χ2n) is 2.51. The molecule has 0 bridgehead atoms. The predicted octanol–water partition coefficient (Wildman–Crippen LogP) is 1.15. The molecule has 4 nitrogen and oxygen atoms in total. The van der Waals surface area contributed by atoms with E-state index in [0.29, 0.717) is 19.8 Å². The maximum absolute atomic E-state index is 5.30. The van der Waals surface area contributed by atoms with Crippen molar-refractivity contribution in [2.24, 2.45) is 0 Å². The topological polar surface area (TPSA) is 36.3 Å². The minimum Gasteiger partial charge on any atom is -0.382 e. The van der Waals surface area contributed by atoms with Gasteiger partial charge in [-0.15, -0.1) is 0 Å². The first-order valence-corrected chi connectivity index (χ1v) is 5.16. The maximum Gasteiger partial charge on any atom is 0.123 e. The fourth-order valence-electron chi connectivity index (χ4n) is 0.864. The lowest BCUT2D eigenvalue weighted by Crippen LogP contribution is -2.09. The Balaban J connectivity index is 2.06. The molecular weight excluding hydrogens is 283 g/mol. The van der Waals surface area contributed by atoms with E-state index < -0.39 is 0 Å². The maximum atomic E-state index is 5.30. The van der Waals surface area contributed by atoms with Crippen LogP contribution in [0.1, 0.15) is 0 Å². The number of aromatic nitrogens is 2. The van der Waals surface area contributed by atoms with Crippen molar-refractivity contribution in [2.75, 3.05) is 26.9 Å². The molecule has 0 fully saturated rings. The summed E-state index contributed by atoms with van der Waals surface area (Å²) >= 11 is 2.18. The Bertz CT molecular complexity index is 240. The van der Waals surface area contributed by atoms with Gasteiger partial charge < -0.3 is 9.47 Å². The zero-order chi connectivity index (χ0) is 9.52. The molecule has 0 N–H and O–H groups in total. The van der Waals surface area contributed by atoms with Gasteiger partial charge in [0.05, 0.1) is 26.4 Å². The van der Waals surface area contributed by atoms with E-state index in [1.165, 1.54) is 0 Å². The monoisotopic (exact) mass is 296 g/mol. The molecule has 0 aliphatic heterocycles. The molecule has 0 saturated heterocycles. The van der Waals surface area contributed by atoms with E-state index in [-0.39, 0.29) is 0 Å². The highest BCUT2D eigenvalue weighted by atomic mass is 127. The molecule has 1 aromatic heterocycles. The molecule has 1 rings (SSSR count). The van der Waals surface area contributed by atoms with Gasteiger partial charge in [-0.25, -0.2) is 0 Å². The van der Waals surface area contributed by atoms with E-state index in [2.05, 4.69) is 27.7 Å². The van der Waals surface area contributed by atoms with E-state index in [9.17, 15) is 0 Å². The van der Waals surface area contributed by atoms with Gasteiger partial charge in [0.15, 0.2) is 0 Å². The standard InChI is InChI=1S/C8H13IN2O2/c1-12-6-7-13-5-4-11-3-2-8(9)10-11/h2-3H,4-7H2,1H3. The Morgan fingerprint density at radius 1 is 1.46 bits per heavy atom. The zero-order valence-electron chi connectivity index (χ0n) is 7.57. The van der Waals surface area contributed by atoms with Crippen LogP contribution in [0.2, 0.25) is 0 Å². The Labute approximate surface area is 91.4 Å². The second-order valence-corrected chi connectivity index (χ2v) is 3.61. The van der Waals surface area contributed by atoms with Crippen molar-refractivity contribution in [3.05, 3.63) is 16.0 Å². The fourth-order valence-corrected chi connectivity index (χ4v) is 1.30. The van der Waals surface area contributed by atoms with Crippen molar-refractivity contribution < 1.29 is 9.47 Å². The second kappa shape index (κ2) is 6.33. The van der Waals surface area contributed by atoms with E-state index >= 15 is 0 Å². The summed E-state index contributed by atoms with van der Waals surface area (Å²) in [6.45, 7) is 2.78. The Morgan fingerprint density at radius 2 is 2.31 bits per heavy atom. The summed E-state index contributed by atoms with van der Waals surface area (Å²) in [6, 6.07) is 1.97. The summed E-state index contributed by atoms with van der Waals surface area (Å²) in [4.78, 5) is 0. The summed E-state index contributed by atoms with van der Waals surface area (Å²) in [5.41, 5.74) is 0. The van der Waals surface area contributed by atoms with Crippen LogP contribution in [0.3, 0.4) is 0 Å². The molecule has 5 heteroatoms. The highest BCUT2D eigenvalue weighted by molar-refractivity contribution is 14.1. The Hall–Kier alpha value is -0.140. The first-order valence-electron chi connectivity index (χ1n) is 4.08. The molecule has 0 aliphatic carbocycles. The van der Waals surface area contributed by atoms with Gasteiger partial charge in [-0.2, -0.15) is 5.10 Å². The van der Waals surface area contributed by atoms with Crippen molar-refractivity contribution >= 4 is 22.6 Å². The number of hydrogen-bond acceptors (Lipinski definition) is 3. The van der Waals surface area contributed by atoms with Crippen molar-refractivity contribution in [1.82, 2.24) is 9.78 Å². The number of hydrogen-bond donors (Lipinski definition) is 0. The average molecular weight is 296 g/mol. The van der Waals surface area contributed by atoms with Crippen molar-refractivity contribution in [1.29, 1.82) is 0 Å². The molecular formula is C8H13IN2O2. The third-order valence-corrected chi connectivity index (χ3v) is 2.08. The van der Waals surface area contributed by atoms with Gasteiger partial charge in [-0.1, -0.05) is 0 Å². The van der Waals surface area contributed by atoms with Crippen LogP contribution in [0, 0.1) is 3.70 Å². The van der Waals surface area contributed by atoms with E-state index in [4.69, 9.17) is 9.47 Å². The predicted molar refractivity (Wildman–Crippen MR) is 57.6 cm³/mol. The van der Waals surface area contributed by atoms with Crippen LogP contribution < -0.4 is 0 Å². The van der Waals surface area contributed by atoms with Crippen LogP contribution in [0.15, 0.2) is 12.3 Å². The minimum atomic E-state index is 0.648. The molecule has 0 aromatic carbocycles. The fraction of sp³-hybridized carbons (Fsp3) is 0.625.